The summed E-state index contributed by atoms with van der Waals surface area (Å²) in [6, 6.07) is 16.3. The van der Waals surface area contributed by atoms with Gasteiger partial charge in [0.1, 0.15) is 5.75 Å². The van der Waals surface area contributed by atoms with Gasteiger partial charge < -0.3 is 14.5 Å². The van der Waals surface area contributed by atoms with Gasteiger partial charge in [-0.05, 0) is 48.7 Å². The number of carbonyl (C=O) groups is 1. The van der Waals surface area contributed by atoms with Crippen LogP contribution in [0.4, 0.5) is 5.69 Å². The van der Waals surface area contributed by atoms with E-state index in [1.807, 2.05) is 29.2 Å². The van der Waals surface area contributed by atoms with Crippen LogP contribution in [-0.4, -0.2) is 43.6 Å². The van der Waals surface area contributed by atoms with Crippen molar-refractivity contribution in [3.63, 3.8) is 0 Å². The zero-order chi connectivity index (χ0) is 16.4. The molecule has 0 aliphatic carbocycles. The second-order valence-corrected chi connectivity index (χ2v) is 6.39. The van der Waals surface area contributed by atoms with E-state index in [4.69, 9.17) is 4.74 Å². The van der Waals surface area contributed by atoms with Crippen molar-refractivity contribution < 1.29 is 9.53 Å². The van der Waals surface area contributed by atoms with Gasteiger partial charge in [0.05, 0.1) is 6.61 Å². The highest BCUT2D eigenvalue weighted by Gasteiger charge is 2.23. The smallest absolute Gasteiger partial charge is 0.253 e. The summed E-state index contributed by atoms with van der Waals surface area (Å²) in [4.78, 5) is 17.1. The number of piperazine rings is 1. The Kier molecular flexibility index (Phi) is 4.11. The van der Waals surface area contributed by atoms with Gasteiger partial charge in [0.15, 0.2) is 0 Å². The van der Waals surface area contributed by atoms with Gasteiger partial charge in [0.2, 0.25) is 0 Å². The molecule has 124 valence electrons. The summed E-state index contributed by atoms with van der Waals surface area (Å²) in [6.07, 6.45) is 2.03. The van der Waals surface area contributed by atoms with Crippen molar-refractivity contribution in [1.82, 2.24) is 4.90 Å². The minimum atomic E-state index is 0.135. The molecule has 0 radical (unpaired) electrons. The SMILES string of the molecule is O=C(c1ccc2c(c1)CCCO2)N1CCN(c2ccccc2)CC1. The molecule has 1 amide bonds. The van der Waals surface area contributed by atoms with E-state index in [-0.39, 0.29) is 5.91 Å². The van der Waals surface area contributed by atoms with Gasteiger partial charge in [-0.2, -0.15) is 0 Å². The summed E-state index contributed by atoms with van der Waals surface area (Å²) in [6.45, 7) is 4.07. The first-order valence-corrected chi connectivity index (χ1v) is 8.66. The maximum absolute atomic E-state index is 12.8. The summed E-state index contributed by atoms with van der Waals surface area (Å²) in [5.74, 6) is 1.07. The number of para-hydroxylation sites is 1. The number of nitrogens with zero attached hydrogens (tertiary/aromatic N) is 2. The lowest BCUT2D eigenvalue weighted by atomic mass is 10.0. The summed E-state index contributed by atoms with van der Waals surface area (Å²) in [7, 11) is 0. The van der Waals surface area contributed by atoms with Crippen LogP contribution in [0.25, 0.3) is 0 Å². The van der Waals surface area contributed by atoms with Gasteiger partial charge in [-0.25, -0.2) is 0 Å². The number of benzene rings is 2. The van der Waals surface area contributed by atoms with E-state index in [1.54, 1.807) is 0 Å². The number of hydrogen-bond acceptors (Lipinski definition) is 3. The molecule has 0 unspecified atom stereocenters. The zero-order valence-corrected chi connectivity index (χ0v) is 13.8. The molecule has 1 fully saturated rings. The monoisotopic (exact) mass is 322 g/mol. The maximum Gasteiger partial charge on any atom is 0.253 e. The minimum absolute atomic E-state index is 0.135. The predicted molar refractivity (Wildman–Crippen MR) is 94.8 cm³/mol. The molecule has 4 rings (SSSR count). The molecule has 24 heavy (non-hydrogen) atoms. The molecule has 0 N–H and O–H groups in total. The number of ether oxygens (including phenoxy) is 1. The van der Waals surface area contributed by atoms with Crippen LogP contribution in [0.5, 0.6) is 5.75 Å². The fraction of sp³-hybridized carbons (Fsp3) is 0.350. The van der Waals surface area contributed by atoms with Crippen molar-refractivity contribution in [2.45, 2.75) is 12.8 Å². The zero-order valence-electron chi connectivity index (χ0n) is 13.8. The summed E-state index contributed by atoms with van der Waals surface area (Å²) in [5, 5.41) is 0. The second-order valence-electron chi connectivity index (χ2n) is 6.39. The van der Waals surface area contributed by atoms with Crippen molar-refractivity contribution in [3.05, 3.63) is 59.7 Å². The average molecular weight is 322 g/mol. The van der Waals surface area contributed by atoms with Crippen LogP contribution in [0.1, 0.15) is 22.3 Å². The third-order valence-corrected chi connectivity index (χ3v) is 4.84. The molecule has 2 aromatic carbocycles. The minimum Gasteiger partial charge on any atom is -0.493 e. The molecule has 4 nitrogen and oxygen atoms in total. The number of fused-ring (bicyclic) bond motifs is 1. The molecule has 2 heterocycles. The highest BCUT2D eigenvalue weighted by Crippen LogP contribution is 2.26. The van der Waals surface area contributed by atoms with Gasteiger partial charge in [-0.15, -0.1) is 0 Å². The predicted octanol–water partition coefficient (Wildman–Crippen LogP) is 2.97. The van der Waals surface area contributed by atoms with Gasteiger partial charge >= 0.3 is 0 Å². The first kappa shape index (κ1) is 15.1. The van der Waals surface area contributed by atoms with Gasteiger partial charge in [0.25, 0.3) is 5.91 Å². The van der Waals surface area contributed by atoms with E-state index in [1.165, 1.54) is 5.69 Å². The van der Waals surface area contributed by atoms with Crippen LogP contribution >= 0.6 is 0 Å². The summed E-state index contributed by atoms with van der Waals surface area (Å²) in [5.41, 5.74) is 3.18. The molecule has 2 aliphatic heterocycles. The quantitative estimate of drug-likeness (QED) is 0.852. The highest BCUT2D eigenvalue weighted by molar-refractivity contribution is 5.94. The van der Waals surface area contributed by atoms with Crippen LogP contribution in [0.2, 0.25) is 0 Å². The second kappa shape index (κ2) is 6.56. The van der Waals surface area contributed by atoms with Gasteiger partial charge in [-0.1, -0.05) is 18.2 Å². The lowest BCUT2D eigenvalue weighted by Gasteiger charge is -2.36. The standard InChI is InChI=1S/C20H22N2O2/c23-20(17-8-9-19-16(15-17)5-4-14-24-19)22-12-10-21(11-13-22)18-6-2-1-3-7-18/h1-3,6-9,15H,4-5,10-14H2. The molecule has 2 aliphatic rings. The Hall–Kier alpha value is -2.49. The van der Waals surface area contributed by atoms with E-state index >= 15 is 0 Å². The van der Waals surface area contributed by atoms with Crippen molar-refractivity contribution >= 4 is 11.6 Å². The van der Waals surface area contributed by atoms with Gasteiger partial charge in [0, 0.05) is 37.4 Å². The van der Waals surface area contributed by atoms with Crippen molar-refractivity contribution in [2.24, 2.45) is 0 Å². The molecule has 0 atom stereocenters. The maximum atomic E-state index is 12.8. The Labute approximate surface area is 142 Å². The Morgan fingerprint density at radius 3 is 2.54 bits per heavy atom. The van der Waals surface area contributed by atoms with Crippen LogP contribution in [0.3, 0.4) is 0 Å². The number of aryl methyl sites for hydroxylation is 1. The fourth-order valence-corrected chi connectivity index (χ4v) is 3.48. The van der Waals surface area contributed by atoms with Crippen LogP contribution in [-0.2, 0) is 6.42 Å². The Bertz CT molecular complexity index is 722. The number of hydrogen-bond donors (Lipinski definition) is 0. The summed E-state index contributed by atoms with van der Waals surface area (Å²) < 4.78 is 5.64. The lowest BCUT2D eigenvalue weighted by Crippen LogP contribution is -2.48. The number of amides is 1. The van der Waals surface area contributed by atoms with E-state index in [2.05, 4.69) is 29.2 Å². The molecular weight excluding hydrogens is 300 g/mol. The highest BCUT2D eigenvalue weighted by atomic mass is 16.5. The molecule has 0 saturated carbocycles. The average Bonchev–Trinajstić information content (AvgIpc) is 2.68. The molecule has 4 heteroatoms. The molecule has 2 aromatic rings. The number of anilines is 1. The first-order chi connectivity index (χ1) is 11.8. The third kappa shape index (κ3) is 2.96. The van der Waals surface area contributed by atoms with E-state index in [9.17, 15) is 4.79 Å². The van der Waals surface area contributed by atoms with Crippen molar-refractivity contribution in [3.8, 4) is 5.75 Å². The largest absolute Gasteiger partial charge is 0.493 e. The normalized spacial score (nSPS) is 17.2. The summed E-state index contributed by atoms with van der Waals surface area (Å²) >= 11 is 0. The lowest BCUT2D eigenvalue weighted by molar-refractivity contribution is 0.0746. The van der Waals surface area contributed by atoms with E-state index in [0.717, 1.165) is 62.5 Å². The van der Waals surface area contributed by atoms with Gasteiger partial charge in [-0.3, -0.25) is 4.79 Å². The molecule has 0 aromatic heterocycles. The van der Waals surface area contributed by atoms with Crippen LogP contribution < -0.4 is 9.64 Å². The Morgan fingerprint density at radius 1 is 0.958 bits per heavy atom. The molecule has 1 saturated heterocycles. The van der Waals surface area contributed by atoms with Crippen LogP contribution in [0, 0.1) is 0 Å². The Balaban J connectivity index is 1.43. The van der Waals surface area contributed by atoms with Crippen LogP contribution in [0.15, 0.2) is 48.5 Å². The first-order valence-electron chi connectivity index (χ1n) is 8.66. The van der Waals surface area contributed by atoms with Crippen molar-refractivity contribution in [1.29, 1.82) is 0 Å². The van der Waals surface area contributed by atoms with Crippen molar-refractivity contribution in [2.75, 3.05) is 37.7 Å². The topological polar surface area (TPSA) is 32.8 Å². The molecule has 0 spiro atoms. The molecule has 0 bridgehead atoms. The third-order valence-electron chi connectivity index (χ3n) is 4.84. The number of rotatable bonds is 2. The van der Waals surface area contributed by atoms with E-state index < -0.39 is 0 Å². The molecular formula is C20H22N2O2. The Morgan fingerprint density at radius 2 is 1.75 bits per heavy atom. The van der Waals surface area contributed by atoms with E-state index in [0.29, 0.717) is 0 Å². The number of carbonyl (C=O) groups excluding carboxylic acids is 1. The fourth-order valence-electron chi connectivity index (χ4n) is 3.48.